The Bertz CT molecular complexity index is 1470. The fourth-order valence-corrected chi connectivity index (χ4v) is 9.02. The SMILES string of the molecule is CC(C)CCN1I=C(/C=C/C=C2/N(CCC(C)C)c3cccc([N+](=O)[O-])c3C2(C)C)C(C)(C)c2c1cccc2[N+](=O)[O-]. The van der Waals surface area contributed by atoms with Crippen LogP contribution in [0.1, 0.15) is 79.4 Å². The van der Waals surface area contributed by atoms with Crippen LogP contribution in [0.15, 0.2) is 60.3 Å². The molecule has 0 N–H and O–H groups in total. The number of fused-ring (bicyclic) bond motifs is 2. The zero-order valence-corrected chi connectivity index (χ0v) is 28.1. The van der Waals surface area contributed by atoms with E-state index in [9.17, 15) is 20.2 Å². The molecule has 0 aromatic heterocycles. The molecule has 2 heterocycles. The van der Waals surface area contributed by atoms with Crippen molar-refractivity contribution >= 4 is 47.3 Å². The second kappa shape index (κ2) is 12.3. The third-order valence-electron chi connectivity index (χ3n) is 8.29. The Balaban J connectivity index is 1.80. The van der Waals surface area contributed by atoms with Crippen molar-refractivity contribution in [2.75, 3.05) is 21.1 Å². The summed E-state index contributed by atoms with van der Waals surface area (Å²) in [5.74, 6) is 1.02. The van der Waals surface area contributed by atoms with Gasteiger partial charge in [-0.05, 0) is 56.7 Å². The number of nitrogens with zero attached hydrogens (tertiary/aromatic N) is 4. The van der Waals surface area contributed by atoms with Gasteiger partial charge in [0.2, 0.25) is 0 Å². The minimum atomic E-state index is -0.591. The van der Waals surface area contributed by atoms with Crippen molar-refractivity contribution in [2.45, 2.75) is 79.1 Å². The van der Waals surface area contributed by atoms with E-state index >= 15 is 0 Å². The highest BCUT2D eigenvalue weighted by molar-refractivity contribution is 14.2. The molecule has 0 radical (unpaired) electrons. The Kier molecular flexibility index (Phi) is 9.30. The van der Waals surface area contributed by atoms with Gasteiger partial charge in [0.15, 0.2) is 0 Å². The van der Waals surface area contributed by atoms with Gasteiger partial charge in [0.05, 0.1) is 32.3 Å². The summed E-state index contributed by atoms with van der Waals surface area (Å²) < 4.78 is 3.59. The van der Waals surface area contributed by atoms with Crippen molar-refractivity contribution < 1.29 is 9.85 Å². The van der Waals surface area contributed by atoms with Gasteiger partial charge >= 0.3 is 0 Å². The second-order valence-electron chi connectivity index (χ2n) is 13.1. The van der Waals surface area contributed by atoms with E-state index in [1.807, 2.05) is 12.1 Å². The standard InChI is InChI=1S/C33H43IN4O4/c1-22(2)18-20-35-24-12-9-14-26(37(39)40)30(24)33(7,8)29(35)17-11-16-28-32(5,6)31-25(13-10-15-27(31)38(41)42)36(34-28)21-19-23(3)4/h9-17,22-23H,18-21H2,1-8H3/b16-11+,29-17+. The highest BCUT2D eigenvalue weighted by Crippen LogP contribution is 2.52. The van der Waals surface area contributed by atoms with Gasteiger partial charge in [0.25, 0.3) is 11.4 Å². The van der Waals surface area contributed by atoms with Crippen LogP contribution >= 0.6 is 21.0 Å². The van der Waals surface area contributed by atoms with Crippen LogP contribution < -0.4 is 8.01 Å². The Morgan fingerprint density at radius 1 is 0.810 bits per heavy atom. The molecular formula is C33H43IN4O4. The van der Waals surface area contributed by atoms with Crippen LogP contribution in [0.3, 0.4) is 0 Å². The molecule has 0 amide bonds. The van der Waals surface area contributed by atoms with Gasteiger partial charge in [0, 0.05) is 66.3 Å². The second-order valence-corrected chi connectivity index (χ2v) is 15.9. The molecule has 0 spiro atoms. The molecule has 0 unspecified atom stereocenters. The molecule has 2 aliphatic heterocycles. The summed E-state index contributed by atoms with van der Waals surface area (Å²) in [5.41, 5.74) is 3.70. The van der Waals surface area contributed by atoms with E-state index in [4.69, 9.17) is 0 Å². The van der Waals surface area contributed by atoms with Gasteiger partial charge in [-0.2, -0.15) is 0 Å². The van der Waals surface area contributed by atoms with E-state index < -0.39 is 31.8 Å². The summed E-state index contributed by atoms with van der Waals surface area (Å²) in [6, 6.07) is 10.8. The molecule has 0 atom stereocenters. The lowest BCUT2D eigenvalue weighted by atomic mass is 9.79. The lowest BCUT2D eigenvalue weighted by Gasteiger charge is -2.37. The maximum absolute atomic E-state index is 12.1. The number of allylic oxidation sites excluding steroid dienone is 4. The first-order chi connectivity index (χ1) is 19.7. The van der Waals surface area contributed by atoms with Gasteiger partial charge in [-0.25, -0.2) is 0 Å². The van der Waals surface area contributed by atoms with Gasteiger partial charge < -0.3 is 8.01 Å². The number of hydrogen-bond donors (Lipinski definition) is 0. The number of halogens is 1. The summed E-state index contributed by atoms with van der Waals surface area (Å²) in [6.07, 6.45) is 8.29. The van der Waals surface area contributed by atoms with Crippen LogP contribution in [0.2, 0.25) is 0 Å². The lowest BCUT2D eigenvalue weighted by molar-refractivity contribution is -0.385. The fourth-order valence-electron chi connectivity index (χ4n) is 5.97. The molecule has 8 nitrogen and oxygen atoms in total. The fraction of sp³-hybridized carbons (Fsp3) is 0.485. The molecule has 0 aliphatic carbocycles. The van der Waals surface area contributed by atoms with E-state index in [0.717, 1.165) is 54.1 Å². The molecule has 2 aliphatic rings. The first-order valence-corrected chi connectivity index (χ1v) is 16.7. The number of nitro benzene ring substituents is 2. The predicted molar refractivity (Wildman–Crippen MR) is 182 cm³/mol. The number of nitro groups is 2. The average molecular weight is 687 g/mol. The first-order valence-electron chi connectivity index (χ1n) is 14.7. The van der Waals surface area contributed by atoms with Gasteiger partial charge in [-0.15, -0.1) is 0 Å². The van der Waals surface area contributed by atoms with Crippen LogP contribution in [0.25, 0.3) is 0 Å². The van der Waals surface area contributed by atoms with Gasteiger partial charge in [-0.3, -0.25) is 20.2 Å². The molecule has 2 aromatic rings. The predicted octanol–water partition coefficient (Wildman–Crippen LogP) is 8.99. The van der Waals surface area contributed by atoms with Crippen LogP contribution in [-0.4, -0.2) is 26.4 Å². The van der Waals surface area contributed by atoms with E-state index in [-0.39, 0.29) is 21.2 Å². The maximum atomic E-state index is 12.1. The monoisotopic (exact) mass is 686 g/mol. The molecule has 0 saturated heterocycles. The highest BCUT2D eigenvalue weighted by Gasteiger charge is 2.45. The normalized spacial score (nSPS) is 18.3. The van der Waals surface area contributed by atoms with Crippen molar-refractivity contribution in [3.8, 4) is 0 Å². The van der Waals surface area contributed by atoms with E-state index in [1.54, 1.807) is 24.3 Å². The minimum Gasteiger partial charge on any atom is -0.344 e. The smallest absolute Gasteiger partial charge is 0.275 e. The summed E-state index contributed by atoms with van der Waals surface area (Å²) in [4.78, 5) is 25.9. The van der Waals surface area contributed by atoms with E-state index in [2.05, 4.69) is 81.6 Å². The molecule has 0 bridgehead atoms. The number of benzene rings is 2. The van der Waals surface area contributed by atoms with Crippen molar-refractivity contribution in [2.24, 2.45) is 11.8 Å². The number of hydrogen-bond acceptors (Lipinski definition) is 6. The quantitative estimate of drug-likeness (QED) is 0.107. The number of rotatable bonds is 10. The van der Waals surface area contributed by atoms with Crippen molar-refractivity contribution in [1.82, 2.24) is 0 Å². The third kappa shape index (κ3) is 6.02. The third-order valence-corrected chi connectivity index (χ3v) is 12.1. The molecule has 0 fully saturated rings. The zero-order valence-electron chi connectivity index (χ0n) is 26.0. The van der Waals surface area contributed by atoms with Crippen LogP contribution in [-0.2, 0) is 10.8 Å². The first kappa shape index (κ1) is 31.8. The van der Waals surface area contributed by atoms with Crippen LogP contribution in [0.5, 0.6) is 0 Å². The topological polar surface area (TPSA) is 92.8 Å². The molecule has 4 rings (SSSR count). The Morgan fingerprint density at radius 3 is 1.88 bits per heavy atom. The summed E-state index contributed by atoms with van der Waals surface area (Å²) in [7, 11) is 0. The lowest BCUT2D eigenvalue weighted by Crippen LogP contribution is -2.35. The molecule has 0 saturated carbocycles. The summed E-state index contributed by atoms with van der Waals surface area (Å²) in [5, 5.41) is 24.2. The van der Waals surface area contributed by atoms with E-state index in [0.29, 0.717) is 11.8 Å². The van der Waals surface area contributed by atoms with Crippen molar-refractivity contribution in [1.29, 1.82) is 0 Å². The molecule has 226 valence electrons. The van der Waals surface area contributed by atoms with Crippen LogP contribution in [0.4, 0.5) is 22.7 Å². The molecule has 42 heavy (non-hydrogen) atoms. The highest BCUT2D eigenvalue weighted by atomic mass is 127. The molecule has 9 heteroatoms. The molecule has 2 aromatic carbocycles. The zero-order chi connectivity index (χ0) is 31.0. The number of anilines is 2. The van der Waals surface area contributed by atoms with Gasteiger partial charge in [0.1, 0.15) is 0 Å². The van der Waals surface area contributed by atoms with E-state index in [1.165, 1.54) is 3.51 Å². The Labute approximate surface area is 259 Å². The maximum Gasteiger partial charge on any atom is 0.275 e. The Hall–Kier alpha value is -3.08. The summed E-state index contributed by atoms with van der Waals surface area (Å²) in [6.45, 7) is 18.7. The van der Waals surface area contributed by atoms with Crippen molar-refractivity contribution in [3.63, 3.8) is 0 Å². The minimum absolute atomic E-state index is 0.151. The van der Waals surface area contributed by atoms with Gasteiger partial charge in [-0.1, -0.05) is 65.8 Å². The molecular weight excluding hydrogens is 643 g/mol. The largest absolute Gasteiger partial charge is 0.344 e. The average Bonchev–Trinajstić information content (AvgIpc) is 3.13. The van der Waals surface area contributed by atoms with Crippen molar-refractivity contribution in [3.05, 3.63) is 91.7 Å². The Morgan fingerprint density at radius 2 is 1.33 bits per heavy atom. The summed E-state index contributed by atoms with van der Waals surface area (Å²) >= 11 is -0.591. The van der Waals surface area contributed by atoms with Crippen LogP contribution in [0, 0.1) is 32.1 Å².